The van der Waals surface area contributed by atoms with Gasteiger partial charge in [0.1, 0.15) is 0 Å². The predicted molar refractivity (Wildman–Crippen MR) is 69.9 cm³/mol. The van der Waals surface area contributed by atoms with E-state index >= 15 is 0 Å². The van der Waals surface area contributed by atoms with Crippen molar-refractivity contribution < 1.29 is 10.2 Å². The largest absolute Gasteiger partial charge is 0.394 e. The molecule has 0 amide bonds. The Morgan fingerprint density at radius 2 is 1.76 bits per heavy atom. The molecule has 0 saturated heterocycles. The number of aliphatic hydroxyl groups is 2. The molecular formula is C14H23NO2. The van der Waals surface area contributed by atoms with E-state index in [9.17, 15) is 5.11 Å². The van der Waals surface area contributed by atoms with Crippen LogP contribution in [0, 0.1) is 0 Å². The van der Waals surface area contributed by atoms with Crippen LogP contribution in [0.15, 0.2) is 24.3 Å². The molecule has 1 atom stereocenters. The molecule has 0 aliphatic carbocycles. The Hall–Kier alpha value is -0.900. The highest BCUT2D eigenvalue weighted by molar-refractivity contribution is 5.27. The summed E-state index contributed by atoms with van der Waals surface area (Å²) in [6.45, 7) is 7.50. The van der Waals surface area contributed by atoms with E-state index in [1.165, 1.54) is 11.1 Å². The van der Waals surface area contributed by atoms with Crippen LogP contribution in [0.5, 0.6) is 0 Å². The van der Waals surface area contributed by atoms with Crippen molar-refractivity contribution >= 4 is 0 Å². The summed E-state index contributed by atoms with van der Waals surface area (Å²) in [7, 11) is 0. The van der Waals surface area contributed by atoms with Gasteiger partial charge in [-0.15, -0.1) is 0 Å². The van der Waals surface area contributed by atoms with Gasteiger partial charge in [-0.25, -0.2) is 0 Å². The maximum absolute atomic E-state index is 9.17. The van der Waals surface area contributed by atoms with Crippen LogP contribution in [0.4, 0.5) is 0 Å². The molecule has 0 aromatic heterocycles. The fraction of sp³-hybridized carbons (Fsp3) is 0.571. The molecule has 0 heterocycles. The van der Waals surface area contributed by atoms with Crippen LogP contribution in [0.3, 0.4) is 0 Å². The summed E-state index contributed by atoms with van der Waals surface area (Å²) in [5.41, 5.74) is 2.68. The molecule has 0 fully saturated rings. The first kappa shape index (κ1) is 14.2. The molecule has 17 heavy (non-hydrogen) atoms. The molecule has 0 unspecified atom stereocenters. The smallest absolute Gasteiger partial charge is 0.0895 e. The van der Waals surface area contributed by atoms with E-state index in [4.69, 9.17) is 5.11 Å². The van der Waals surface area contributed by atoms with Gasteiger partial charge in [0, 0.05) is 13.1 Å². The molecule has 96 valence electrons. The first-order valence-electron chi connectivity index (χ1n) is 6.02. The van der Waals surface area contributed by atoms with Gasteiger partial charge in [0.05, 0.1) is 12.7 Å². The Morgan fingerprint density at radius 3 is 2.24 bits per heavy atom. The monoisotopic (exact) mass is 237 g/mol. The quantitative estimate of drug-likeness (QED) is 0.726. The highest BCUT2D eigenvalue weighted by Crippen LogP contribution is 2.21. The van der Waals surface area contributed by atoms with E-state index in [-0.39, 0.29) is 12.0 Å². The zero-order valence-corrected chi connectivity index (χ0v) is 10.9. The molecule has 3 nitrogen and oxygen atoms in total. The van der Waals surface area contributed by atoms with Crippen molar-refractivity contribution in [3.8, 4) is 0 Å². The van der Waals surface area contributed by atoms with Crippen molar-refractivity contribution in [3.05, 3.63) is 35.4 Å². The zero-order valence-electron chi connectivity index (χ0n) is 10.9. The molecule has 0 saturated carbocycles. The van der Waals surface area contributed by atoms with E-state index in [0.717, 1.165) is 0 Å². The third-order valence-electron chi connectivity index (χ3n) is 2.74. The molecule has 0 aliphatic rings. The highest BCUT2D eigenvalue weighted by atomic mass is 16.3. The lowest BCUT2D eigenvalue weighted by molar-refractivity contribution is 0.0942. The van der Waals surface area contributed by atoms with Crippen LogP contribution in [0.1, 0.15) is 31.9 Å². The maximum Gasteiger partial charge on any atom is 0.0895 e. The maximum atomic E-state index is 9.17. The van der Waals surface area contributed by atoms with Crippen LogP contribution < -0.4 is 5.32 Å². The standard InChI is InChI=1S/C14H23NO2/c1-14(2,3)12-6-4-11(5-7-12)8-15-9-13(17)10-16/h4-7,13,15-17H,8-10H2,1-3H3/t13-/m1/s1. The summed E-state index contributed by atoms with van der Waals surface area (Å²) in [4.78, 5) is 0. The first-order valence-corrected chi connectivity index (χ1v) is 6.02. The second-order valence-corrected chi connectivity index (χ2v) is 5.41. The third kappa shape index (κ3) is 4.86. The van der Waals surface area contributed by atoms with Gasteiger partial charge in [0.15, 0.2) is 0 Å². The Kier molecular flexibility index (Phi) is 5.12. The fourth-order valence-corrected chi connectivity index (χ4v) is 1.57. The summed E-state index contributed by atoms with van der Waals surface area (Å²) in [6, 6.07) is 8.47. The second-order valence-electron chi connectivity index (χ2n) is 5.41. The van der Waals surface area contributed by atoms with Crippen LogP contribution >= 0.6 is 0 Å². The average Bonchev–Trinajstić information content (AvgIpc) is 2.28. The minimum absolute atomic E-state index is 0.180. The van der Waals surface area contributed by atoms with Crippen molar-refractivity contribution in [1.82, 2.24) is 5.32 Å². The molecule has 3 N–H and O–H groups in total. The molecule has 0 radical (unpaired) electrons. The molecule has 1 aromatic carbocycles. The Labute approximate surface area is 103 Å². The third-order valence-corrected chi connectivity index (χ3v) is 2.74. The SMILES string of the molecule is CC(C)(C)c1ccc(CNC[C@@H](O)CO)cc1. The van der Waals surface area contributed by atoms with Crippen LogP contribution in [-0.4, -0.2) is 29.5 Å². The van der Waals surface area contributed by atoms with Crippen LogP contribution in [0.25, 0.3) is 0 Å². The zero-order chi connectivity index (χ0) is 12.9. The Balaban J connectivity index is 2.46. The summed E-state index contributed by atoms with van der Waals surface area (Å²) < 4.78 is 0. The summed E-state index contributed by atoms with van der Waals surface area (Å²) in [5.74, 6) is 0. The number of aliphatic hydroxyl groups excluding tert-OH is 2. The Morgan fingerprint density at radius 1 is 1.18 bits per heavy atom. The average molecular weight is 237 g/mol. The minimum atomic E-state index is -0.677. The van der Waals surface area contributed by atoms with Gasteiger partial charge in [-0.1, -0.05) is 45.0 Å². The lowest BCUT2D eigenvalue weighted by Crippen LogP contribution is -2.28. The summed E-state index contributed by atoms with van der Waals surface area (Å²) in [6.07, 6.45) is -0.677. The lowest BCUT2D eigenvalue weighted by atomic mass is 9.87. The van der Waals surface area contributed by atoms with Crippen LogP contribution in [-0.2, 0) is 12.0 Å². The second kappa shape index (κ2) is 6.15. The molecule has 0 aliphatic heterocycles. The van der Waals surface area contributed by atoms with Gasteiger partial charge < -0.3 is 15.5 Å². The van der Waals surface area contributed by atoms with Gasteiger partial charge in [0.25, 0.3) is 0 Å². The normalized spacial score (nSPS) is 13.7. The highest BCUT2D eigenvalue weighted by Gasteiger charge is 2.12. The van der Waals surface area contributed by atoms with E-state index in [1.54, 1.807) is 0 Å². The van der Waals surface area contributed by atoms with Gasteiger partial charge in [-0.2, -0.15) is 0 Å². The number of nitrogens with one attached hydrogen (secondary N) is 1. The molecule has 0 spiro atoms. The van der Waals surface area contributed by atoms with Crippen LogP contribution in [0.2, 0.25) is 0 Å². The summed E-state index contributed by atoms with van der Waals surface area (Å²) in [5, 5.41) is 20.9. The van der Waals surface area contributed by atoms with E-state index in [1.807, 2.05) is 0 Å². The molecule has 1 rings (SSSR count). The van der Waals surface area contributed by atoms with Gasteiger partial charge in [-0.3, -0.25) is 0 Å². The summed E-state index contributed by atoms with van der Waals surface area (Å²) >= 11 is 0. The van der Waals surface area contributed by atoms with Crippen molar-refractivity contribution in [3.63, 3.8) is 0 Å². The van der Waals surface area contributed by atoms with Gasteiger partial charge in [-0.05, 0) is 16.5 Å². The van der Waals surface area contributed by atoms with E-state index in [0.29, 0.717) is 13.1 Å². The number of benzene rings is 1. The predicted octanol–water partition coefficient (Wildman–Crippen LogP) is 1.43. The van der Waals surface area contributed by atoms with E-state index in [2.05, 4.69) is 50.4 Å². The number of rotatable bonds is 5. The van der Waals surface area contributed by atoms with Gasteiger partial charge >= 0.3 is 0 Å². The van der Waals surface area contributed by atoms with E-state index < -0.39 is 6.10 Å². The number of hydrogen-bond acceptors (Lipinski definition) is 3. The van der Waals surface area contributed by atoms with Crippen molar-refractivity contribution in [1.29, 1.82) is 0 Å². The van der Waals surface area contributed by atoms with Crippen molar-refractivity contribution in [2.45, 2.75) is 38.8 Å². The molecule has 1 aromatic rings. The lowest BCUT2D eigenvalue weighted by Gasteiger charge is -2.19. The van der Waals surface area contributed by atoms with Gasteiger partial charge in [0.2, 0.25) is 0 Å². The first-order chi connectivity index (χ1) is 7.93. The molecule has 3 heteroatoms. The minimum Gasteiger partial charge on any atom is -0.394 e. The number of hydrogen-bond donors (Lipinski definition) is 3. The topological polar surface area (TPSA) is 52.5 Å². The Bertz CT molecular complexity index is 327. The fourth-order valence-electron chi connectivity index (χ4n) is 1.57. The molecule has 0 bridgehead atoms. The molecular weight excluding hydrogens is 214 g/mol. The van der Waals surface area contributed by atoms with Crippen molar-refractivity contribution in [2.24, 2.45) is 0 Å². The van der Waals surface area contributed by atoms with Crippen molar-refractivity contribution in [2.75, 3.05) is 13.2 Å².